The van der Waals surface area contributed by atoms with Gasteiger partial charge in [0.15, 0.2) is 5.96 Å². The van der Waals surface area contributed by atoms with Gasteiger partial charge in [0, 0.05) is 56.3 Å². The molecule has 0 radical (unpaired) electrons. The summed E-state index contributed by atoms with van der Waals surface area (Å²) >= 11 is 6.04. The van der Waals surface area contributed by atoms with Gasteiger partial charge < -0.3 is 20.1 Å². The average Bonchev–Trinajstić information content (AvgIpc) is 3.50. The molecule has 2 aliphatic rings. The van der Waals surface area contributed by atoms with E-state index in [1.165, 1.54) is 45.2 Å². The van der Waals surface area contributed by atoms with Crippen LogP contribution in [0.15, 0.2) is 33.8 Å². The molecule has 1 aliphatic heterocycles. The second-order valence-electron chi connectivity index (χ2n) is 8.31. The Balaban J connectivity index is 1.20. The lowest BCUT2D eigenvalue weighted by molar-refractivity contribution is 0.275. The zero-order valence-corrected chi connectivity index (χ0v) is 18.4. The topological polar surface area (TPSA) is 78.6 Å². The Morgan fingerprint density at radius 2 is 2.17 bits per heavy atom. The Hall–Kier alpha value is -2.12. The van der Waals surface area contributed by atoms with E-state index in [1.807, 2.05) is 31.3 Å². The number of nitrogens with zero attached hydrogens (tertiary/aromatic N) is 4. The first-order chi connectivity index (χ1) is 14.7. The van der Waals surface area contributed by atoms with Gasteiger partial charge in [-0.2, -0.15) is 4.98 Å². The third-order valence-electron chi connectivity index (χ3n) is 6.01. The standard InChI is InChI=1S/C22H31ClN6O/c1-24-22(26-19-10-12-29(15-19)14-16-5-2-3-6-16)25-11-9-20-27-21(28-30-20)17-7-4-8-18(23)13-17/h4,7-8,13,16,19H,2-3,5-6,9-12,14-15H2,1H3,(H2,24,25,26). The molecule has 2 N–H and O–H groups in total. The predicted octanol–water partition coefficient (Wildman–Crippen LogP) is 3.36. The number of aliphatic imine (C=N–C) groups is 1. The zero-order valence-electron chi connectivity index (χ0n) is 17.6. The minimum atomic E-state index is 0.454. The van der Waals surface area contributed by atoms with Crippen LogP contribution >= 0.6 is 11.6 Å². The first kappa shape index (κ1) is 21.1. The number of benzene rings is 1. The van der Waals surface area contributed by atoms with Crippen molar-refractivity contribution < 1.29 is 4.52 Å². The molecule has 0 bridgehead atoms. The van der Waals surface area contributed by atoms with Gasteiger partial charge in [0.2, 0.25) is 11.7 Å². The largest absolute Gasteiger partial charge is 0.356 e. The molecular formula is C22H31ClN6O. The highest BCUT2D eigenvalue weighted by Crippen LogP contribution is 2.26. The van der Waals surface area contributed by atoms with Gasteiger partial charge in [-0.25, -0.2) is 0 Å². The minimum Gasteiger partial charge on any atom is -0.356 e. The Morgan fingerprint density at radius 1 is 1.30 bits per heavy atom. The summed E-state index contributed by atoms with van der Waals surface area (Å²) in [6.45, 7) is 4.22. The number of nitrogens with one attached hydrogen (secondary N) is 2. The molecule has 1 aliphatic carbocycles. The number of guanidine groups is 1. The van der Waals surface area contributed by atoms with Crippen LogP contribution in [0.4, 0.5) is 0 Å². The maximum atomic E-state index is 6.04. The molecule has 7 nitrogen and oxygen atoms in total. The summed E-state index contributed by atoms with van der Waals surface area (Å²) in [7, 11) is 1.81. The molecule has 8 heteroatoms. The van der Waals surface area contributed by atoms with Gasteiger partial charge in [-0.15, -0.1) is 0 Å². The Morgan fingerprint density at radius 3 is 2.97 bits per heavy atom. The molecule has 0 amide bonds. The lowest BCUT2D eigenvalue weighted by Gasteiger charge is -2.21. The molecule has 2 heterocycles. The maximum Gasteiger partial charge on any atom is 0.228 e. The molecule has 2 fully saturated rings. The minimum absolute atomic E-state index is 0.454. The van der Waals surface area contributed by atoms with Crippen molar-refractivity contribution in [1.82, 2.24) is 25.7 Å². The van der Waals surface area contributed by atoms with Crippen LogP contribution in [0.3, 0.4) is 0 Å². The molecule has 30 heavy (non-hydrogen) atoms. The summed E-state index contributed by atoms with van der Waals surface area (Å²) < 4.78 is 5.37. The molecular weight excluding hydrogens is 400 g/mol. The SMILES string of the molecule is CN=C(NCCc1nc(-c2cccc(Cl)c2)no1)NC1CCN(CC2CCCC2)C1. The van der Waals surface area contributed by atoms with Gasteiger partial charge in [0.25, 0.3) is 0 Å². The van der Waals surface area contributed by atoms with E-state index in [0.29, 0.717) is 35.7 Å². The molecule has 4 rings (SSSR count). The van der Waals surface area contributed by atoms with Gasteiger partial charge in [-0.1, -0.05) is 41.7 Å². The van der Waals surface area contributed by atoms with Gasteiger partial charge in [0.1, 0.15) is 0 Å². The normalized spacial score (nSPS) is 20.7. The van der Waals surface area contributed by atoms with E-state index in [-0.39, 0.29) is 0 Å². The van der Waals surface area contributed by atoms with E-state index in [9.17, 15) is 0 Å². The highest BCUT2D eigenvalue weighted by molar-refractivity contribution is 6.30. The summed E-state index contributed by atoms with van der Waals surface area (Å²) in [6, 6.07) is 7.91. The number of rotatable bonds is 7. The number of hydrogen-bond donors (Lipinski definition) is 2. The fourth-order valence-corrected chi connectivity index (χ4v) is 4.64. The summed E-state index contributed by atoms with van der Waals surface area (Å²) in [5, 5.41) is 11.6. The van der Waals surface area contributed by atoms with Crippen LogP contribution in [0.5, 0.6) is 0 Å². The number of likely N-dealkylation sites (tertiary alicyclic amines) is 1. The first-order valence-corrected chi connectivity index (χ1v) is 11.4. The van der Waals surface area contributed by atoms with Crippen molar-refractivity contribution in [2.75, 3.05) is 33.2 Å². The quantitative estimate of drug-likeness (QED) is 0.518. The van der Waals surface area contributed by atoms with Gasteiger partial charge in [-0.3, -0.25) is 4.99 Å². The highest BCUT2D eigenvalue weighted by atomic mass is 35.5. The summed E-state index contributed by atoms with van der Waals surface area (Å²) in [4.78, 5) is 11.4. The van der Waals surface area contributed by atoms with E-state index in [0.717, 1.165) is 24.0 Å². The van der Waals surface area contributed by atoms with Crippen LogP contribution < -0.4 is 10.6 Å². The van der Waals surface area contributed by atoms with Crippen molar-refractivity contribution in [2.24, 2.45) is 10.9 Å². The van der Waals surface area contributed by atoms with E-state index in [4.69, 9.17) is 16.1 Å². The fourth-order valence-electron chi connectivity index (χ4n) is 4.45. The highest BCUT2D eigenvalue weighted by Gasteiger charge is 2.26. The van der Waals surface area contributed by atoms with E-state index in [2.05, 4.69) is 30.7 Å². The molecule has 1 saturated carbocycles. The Kier molecular flexibility index (Phi) is 7.23. The van der Waals surface area contributed by atoms with Crippen molar-refractivity contribution in [2.45, 2.75) is 44.6 Å². The monoisotopic (exact) mass is 430 g/mol. The van der Waals surface area contributed by atoms with Crippen molar-refractivity contribution in [1.29, 1.82) is 0 Å². The van der Waals surface area contributed by atoms with Crippen LogP contribution in [-0.4, -0.2) is 60.3 Å². The Labute approximate surface area is 183 Å². The van der Waals surface area contributed by atoms with Crippen molar-refractivity contribution >= 4 is 17.6 Å². The molecule has 162 valence electrons. The lowest BCUT2D eigenvalue weighted by Crippen LogP contribution is -2.45. The molecule has 1 atom stereocenters. The first-order valence-electron chi connectivity index (χ1n) is 11.0. The molecule has 0 spiro atoms. The average molecular weight is 431 g/mol. The Bertz CT molecular complexity index is 848. The predicted molar refractivity (Wildman–Crippen MR) is 120 cm³/mol. The fraction of sp³-hybridized carbons (Fsp3) is 0.591. The van der Waals surface area contributed by atoms with Crippen LogP contribution in [-0.2, 0) is 6.42 Å². The van der Waals surface area contributed by atoms with Crippen LogP contribution in [0.25, 0.3) is 11.4 Å². The molecule has 1 aromatic heterocycles. The lowest BCUT2D eigenvalue weighted by atomic mass is 10.1. The molecule has 1 aromatic carbocycles. The smallest absolute Gasteiger partial charge is 0.228 e. The zero-order chi connectivity index (χ0) is 20.8. The molecule has 1 unspecified atom stereocenters. The third-order valence-corrected chi connectivity index (χ3v) is 6.25. The van der Waals surface area contributed by atoms with Crippen molar-refractivity contribution in [3.63, 3.8) is 0 Å². The molecule has 1 saturated heterocycles. The molecule has 2 aromatic rings. The van der Waals surface area contributed by atoms with Crippen molar-refractivity contribution in [3.8, 4) is 11.4 Å². The van der Waals surface area contributed by atoms with Gasteiger partial charge in [0.05, 0.1) is 0 Å². The summed E-state index contributed by atoms with van der Waals surface area (Å²) in [6.07, 6.45) is 7.45. The number of hydrogen-bond acceptors (Lipinski definition) is 5. The summed E-state index contributed by atoms with van der Waals surface area (Å²) in [5.41, 5.74) is 0.853. The second-order valence-corrected chi connectivity index (χ2v) is 8.75. The van der Waals surface area contributed by atoms with Crippen molar-refractivity contribution in [3.05, 3.63) is 35.2 Å². The third kappa shape index (κ3) is 5.73. The van der Waals surface area contributed by atoms with E-state index in [1.54, 1.807) is 0 Å². The number of halogens is 1. The second kappa shape index (κ2) is 10.3. The van der Waals surface area contributed by atoms with E-state index < -0.39 is 0 Å². The van der Waals surface area contributed by atoms with Crippen LogP contribution in [0.1, 0.15) is 38.0 Å². The van der Waals surface area contributed by atoms with Crippen LogP contribution in [0, 0.1) is 5.92 Å². The van der Waals surface area contributed by atoms with E-state index >= 15 is 0 Å². The van der Waals surface area contributed by atoms with Crippen LogP contribution in [0.2, 0.25) is 5.02 Å². The maximum absolute atomic E-state index is 6.04. The van der Waals surface area contributed by atoms with Gasteiger partial charge >= 0.3 is 0 Å². The number of aromatic nitrogens is 2. The summed E-state index contributed by atoms with van der Waals surface area (Å²) in [5.74, 6) is 2.89. The van der Waals surface area contributed by atoms with Gasteiger partial charge in [-0.05, 0) is 37.3 Å².